The molecule has 3 atom stereocenters. The Hall–Kier alpha value is -3.78. The fraction of sp³-hybridized carbons (Fsp3) is 0.419. The average molecular weight is 525 g/mol. The van der Waals surface area contributed by atoms with Gasteiger partial charge in [0.2, 0.25) is 11.8 Å². The van der Waals surface area contributed by atoms with Crippen molar-refractivity contribution >= 4 is 28.6 Å². The van der Waals surface area contributed by atoms with Crippen LogP contribution in [0.15, 0.2) is 54.7 Å². The first-order chi connectivity index (χ1) is 19.0. The molecule has 8 heteroatoms. The molecule has 2 aromatic carbocycles. The standard InChI is InChI=1S/C31H32N4O4/c36-29-12-11-27(30(37)33-29)35-18-21-14-23(9-10-24(21)31(35)38)39-28-6-2-1-5-26(28)34-16-22(17-34)20-8-7-19-4-3-13-32-25(19)15-20/h3-4,7-10,13-15,22,26-28H,1-2,5-6,11-12,16-18H2,(H,33,36,37). The molecule has 4 aliphatic rings. The molecule has 1 N–H and O–H groups in total. The molecule has 2 saturated heterocycles. The third-order valence-corrected chi connectivity index (χ3v) is 8.93. The van der Waals surface area contributed by atoms with E-state index in [2.05, 4.69) is 39.5 Å². The Balaban J connectivity index is 1.02. The van der Waals surface area contributed by atoms with Crippen LogP contribution in [0.25, 0.3) is 10.9 Å². The number of pyridine rings is 1. The maximum absolute atomic E-state index is 13.0. The number of amides is 3. The first-order valence-electron chi connectivity index (χ1n) is 14.1. The summed E-state index contributed by atoms with van der Waals surface area (Å²) in [4.78, 5) is 45.6. The van der Waals surface area contributed by atoms with Crippen molar-refractivity contribution in [3.63, 3.8) is 0 Å². The van der Waals surface area contributed by atoms with Crippen molar-refractivity contribution in [2.24, 2.45) is 0 Å². The number of carbonyl (C=O) groups excluding carboxylic acids is 3. The van der Waals surface area contributed by atoms with Gasteiger partial charge in [-0.25, -0.2) is 0 Å². The number of piperidine rings is 1. The molecule has 3 amide bonds. The summed E-state index contributed by atoms with van der Waals surface area (Å²) >= 11 is 0. The number of likely N-dealkylation sites (tertiary alicyclic amines) is 1. The Labute approximate surface area is 227 Å². The van der Waals surface area contributed by atoms with Crippen LogP contribution in [0.5, 0.6) is 5.75 Å². The summed E-state index contributed by atoms with van der Waals surface area (Å²) in [7, 11) is 0. The van der Waals surface area contributed by atoms with E-state index in [-0.39, 0.29) is 30.2 Å². The number of nitrogens with one attached hydrogen (secondary N) is 1. The van der Waals surface area contributed by atoms with Crippen molar-refractivity contribution in [3.8, 4) is 5.75 Å². The number of carbonyl (C=O) groups is 3. The first kappa shape index (κ1) is 24.3. The second-order valence-corrected chi connectivity index (χ2v) is 11.3. The Morgan fingerprint density at radius 2 is 1.82 bits per heavy atom. The van der Waals surface area contributed by atoms with E-state index in [0.29, 0.717) is 30.5 Å². The van der Waals surface area contributed by atoms with Crippen molar-refractivity contribution in [3.05, 3.63) is 71.4 Å². The Kier molecular flexibility index (Phi) is 6.07. The maximum Gasteiger partial charge on any atom is 0.255 e. The normalized spacial score (nSPS) is 25.9. The molecule has 0 radical (unpaired) electrons. The van der Waals surface area contributed by atoms with Crippen LogP contribution in [-0.2, 0) is 16.1 Å². The van der Waals surface area contributed by atoms with Crippen LogP contribution in [-0.4, -0.2) is 63.8 Å². The minimum absolute atomic E-state index is 0.111. The molecular weight excluding hydrogens is 492 g/mol. The molecule has 200 valence electrons. The van der Waals surface area contributed by atoms with Gasteiger partial charge in [-0.05, 0) is 67.1 Å². The Morgan fingerprint density at radius 1 is 0.949 bits per heavy atom. The van der Waals surface area contributed by atoms with Gasteiger partial charge in [0.05, 0.1) is 5.52 Å². The SMILES string of the molecule is O=C1CCC(N2Cc3cc(OC4CCCCC4N4CC(c5ccc6cccnc6c5)C4)ccc3C2=O)C(=O)N1. The van der Waals surface area contributed by atoms with Crippen molar-refractivity contribution in [1.29, 1.82) is 0 Å². The van der Waals surface area contributed by atoms with Gasteiger partial charge in [-0.15, -0.1) is 0 Å². The molecule has 0 bridgehead atoms. The topological polar surface area (TPSA) is 91.8 Å². The molecular formula is C31H32N4O4. The lowest BCUT2D eigenvalue weighted by atomic mass is 9.84. The quantitative estimate of drug-likeness (QED) is 0.511. The molecule has 0 spiro atoms. The Morgan fingerprint density at radius 3 is 2.69 bits per heavy atom. The minimum Gasteiger partial charge on any atom is -0.489 e. The van der Waals surface area contributed by atoms with Gasteiger partial charge in [0.15, 0.2) is 0 Å². The van der Waals surface area contributed by atoms with Crippen molar-refractivity contribution in [1.82, 2.24) is 20.1 Å². The van der Waals surface area contributed by atoms with Gasteiger partial charge >= 0.3 is 0 Å². The largest absolute Gasteiger partial charge is 0.489 e. The van der Waals surface area contributed by atoms with Crippen LogP contribution < -0.4 is 10.1 Å². The van der Waals surface area contributed by atoms with E-state index in [1.807, 2.05) is 30.5 Å². The summed E-state index contributed by atoms with van der Waals surface area (Å²) in [5, 5.41) is 3.54. The van der Waals surface area contributed by atoms with Gasteiger partial charge in [0.1, 0.15) is 17.9 Å². The Bertz CT molecular complexity index is 1470. The molecule has 1 saturated carbocycles. The summed E-state index contributed by atoms with van der Waals surface area (Å²) in [5.74, 6) is 0.476. The number of hydrogen-bond acceptors (Lipinski definition) is 6. The monoisotopic (exact) mass is 524 g/mol. The fourth-order valence-electron chi connectivity index (χ4n) is 6.76. The van der Waals surface area contributed by atoms with Crippen LogP contribution >= 0.6 is 0 Å². The van der Waals surface area contributed by atoms with Gasteiger partial charge in [-0.1, -0.05) is 24.6 Å². The van der Waals surface area contributed by atoms with E-state index in [1.165, 1.54) is 17.4 Å². The van der Waals surface area contributed by atoms with E-state index < -0.39 is 6.04 Å². The highest BCUT2D eigenvalue weighted by molar-refractivity contribution is 6.05. The lowest BCUT2D eigenvalue weighted by Crippen LogP contribution is -2.57. The summed E-state index contributed by atoms with van der Waals surface area (Å²) in [5.41, 5.74) is 3.90. The van der Waals surface area contributed by atoms with Crippen molar-refractivity contribution in [2.45, 2.75) is 69.2 Å². The predicted molar refractivity (Wildman–Crippen MR) is 145 cm³/mol. The zero-order valence-corrected chi connectivity index (χ0v) is 21.8. The van der Waals surface area contributed by atoms with Gasteiger partial charge in [0.25, 0.3) is 5.91 Å². The molecule has 1 aliphatic carbocycles. The van der Waals surface area contributed by atoms with Gasteiger partial charge < -0.3 is 9.64 Å². The number of nitrogens with zero attached hydrogens (tertiary/aromatic N) is 3. The van der Waals surface area contributed by atoms with E-state index >= 15 is 0 Å². The highest BCUT2D eigenvalue weighted by Crippen LogP contribution is 2.37. The number of hydrogen-bond donors (Lipinski definition) is 1. The average Bonchev–Trinajstić information content (AvgIpc) is 3.24. The van der Waals surface area contributed by atoms with Crippen LogP contribution in [0.2, 0.25) is 0 Å². The van der Waals surface area contributed by atoms with E-state index in [0.717, 1.165) is 49.2 Å². The molecule has 39 heavy (non-hydrogen) atoms. The smallest absolute Gasteiger partial charge is 0.255 e. The third-order valence-electron chi connectivity index (χ3n) is 8.93. The van der Waals surface area contributed by atoms with Crippen LogP contribution in [0.1, 0.15) is 65.9 Å². The van der Waals surface area contributed by atoms with Crippen LogP contribution in [0.3, 0.4) is 0 Å². The van der Waals surface area contributed by atoms with Crippen molar-refractivity contribution in [2.75, 3.05) is 13.1 Å². The number of benzene rings is 2. The van der Waals surface area contributed by atoms with E-state index in [1.54, 1.807) is 4.90 Å². The lowest BCUT2D eigenvalue weighted by molar-refractivity contribution is -0.136. The van der Waals surface area contributed by atoms with Crippen LogP contribution in [0.4, 0.5) is 0 Å². The van der Waals surface area contributed by atoms with Crippen molar-refractivity contribution < 1.29 is 19.1 Å². The van der Waals surface area contributed by atoms with E-state index in [4.69, 9.17) is 4.74 Å². The van der Waals surface area contributed by atoms with Gasteiger partial charge in [-0.2, -0.15) is 0 Å². The maximum atomic E-state index is 13.0. The number of ether oxygens (including phenoxy) is 1. The minimum atomic E-state index is -0.604. The molecule has 3 aromatic rings. The number of imide groups is 1. The molecule has 3 fully saturated rings. The second kappa shape index (κ2) is 9.75. The zero-order chi connectivity index (χ0) is 26.5. The molecule has 3 aliphatic heterocycles. The van der Waals surface area contributed by atoms with Gasteiger partial charge in [0, 0.05) is 55.2 Å². The molecule has 1 aromatic heterocycles. The predicted octanol–water partition coefficient (Wildman–Crippen LogP) is 3.79. The summed E-state index contributed by atoms with van der Waals surface area (Å²) in [6.45, 7) is 2.42. The first-order valence-corrected chi connectivity index (χ1v) is 14.1. The summed E-state index contributed by atoms with van der Waals surface area (Å²) < 4.78 is 6.59. The molecule has 3 unspecified atom stereocenters. The zero-order valence-electron chi connectivity index (χ0n) is 21.8. The lowest BCUT2D eigenvalue weighted by Gasteiger charge is -2.48. The number of rotatable bonds is 5. The highest BCUT2D eigenvalue weighted by atomic mass is 16.5. The fourth-order valence-corrected chi connectivity index (χ4v) is 6.76. The number of aromatic nitrogens is 1. The highest BCUT2D eigenvalue weighted by Gasteiger charge is 2.41. The van der Waals surface area contributed by atoms with Crippen LogP contribution in [0, 0.1) is 0 Å². The molecule has 4 heterocycles. The van der Waals surface area contributed by atoms with E-state index in [9.17, 15) is 14.4 Å². The third kappa shape index (κ3) is 4.46. The molecule has 8 nitrogen and oxygen atoms in total. The summed E-state index contributed by atoms with van der Waals surface area (Å²) in [6.07, 6.45) is 7.09. The van der Waals surface area contributed by atoms with Gasteiger partial charge in [-0.3, -0.25) is 29.6 Å². The number of fused-ring (bicyclic) bond motifs is 2. The summed E-state index contributed by atoms with van der Waals surface area (Å²) in [6, 6.07) is 16.2. The molecule has 7 rings (SSSR count). The second-order valence-electron chi connectivity index (χ2n) is 11.3.